The molecule has 2 aliphatic heterocycles. The lowest BCUT2D eigenvalue weighted by Crippen LogP contribution is -2.35. The molecule has 2 unspecified atom stereocenters. The molecule has 3 nitrogen and oxygen atoms in total. The van der Waals surface area contributed by atoms with Crippen molar-refractivity contribution in [3.8, 4) is 0 Å². The fourth-order valence-corrected chi connectivity index (χ4v) is 3.78. The highest BCUT2D eigenvalue weighted by Crippen LogP contribution is 2.39. The van der Waals surface area contributed by atoms with E-state index in [9.17, 15) is 0 Å². The van der Waals surface area contributed by atoms with Crippen molar-refractivity contribution < 1.29 is 0 Å². The maximum absolute atomic E-state index is 4.43. The third kappa shape index (κ3) is 1.21. The lowest BCUT2D eigenvalue weighted by atomic mass is 10.2. The van der Waals surface area contributed by atoms with Crippen molar-refractivity contribution in [2.75, 3.05) is 17.2 Å². The highest BCUT2D eigenvalue weighted by atomic mass is 32.2. The summed E-state index contributed by atoms with van der Waals surface area (Å²) in [4.78, 5) is 11.2. The number of anilines is 1. The van der Waals surface area contributed by atoms with Gasteiger partial charge in [0.25, 0.3) is 0 Å². The summed E-state index contributed by atoms with van der Waals surface area (Å²) in [5, 5.41) is 0.835. The number of rotatable bonds is 1. The SMILES string of the molecule is Cc1nccnc1N1CC2CC1CS2. The molecule has 0 aromatic carbocycles. The molecule has 74 valence electrons. The third-order valence-corrected chi connectivity index (χ3v) is 4.42. The number of aryl methyl sites for hydroxylation is 1. The zero-order valence-electron chi connectivity index (χ0n) is 8.18. The molecule has 2 atom stereocenters. The van der Waals surface area contributed by atoms with E-state index in [0.29, 0.717) is 6.04 Å². The maximum atomic E-state index is 4.43. The van der Waals surface area contributed by atoms with Crippen molar-refractivity contribution in [3.05, 3.63) is 18.1 Å². The van der Waals surface area contributed by atoms with Crippen LogP contribution in [-0.2, 0) is 0 Å². The molecule has 3 heterocycles. The van der Waals surface area contributed by atoms with Crippen molar-refractivity contribution in [2.24, 2.45) is 0 Å². The predicted octanol–water partition coefficient (Wildman–Crippen LogP) is 1.48. The zero-order valence-corrected chi connectivity index (χ0v) is 9.00. The van der Waals surface area contributed by atoms with Gasteiger partial charge in [-0.25, -0.2) is 4.98 Å². The van der Waals surface area contributed by atoms with Gasteiger partial charge >= 0.3 is 0 Å². The van der Waals surface area contributed by atoms with E-state index in [1.807, 2.05) is 6.92 Å². The Kier molecular flexibility index (Phi) is 1.90. The van der Waals surface area contributed by atoms with Crippen molar-refractivity contribution in [1.29, 1.82) is 0 Å². The summed E-state index contributed by atoms with van der Waals surface area (Å²) in [5.41, 5.74) is 1.06. The summed E-state index contributed by atoms with van der Waals surface area (Å²) in [5.74, 6) is 2.36. The molecular weight excluding hydrogens is 194 g/mol. The smallest absolute Gasteiger partial charge is 0.150 e. The number of nitrogens with zero attached hydrogens (tertiary/aromatic N) is 3. The molecule has 4 heteroatoms. The Hall–Kier alpha value is -0.770. The molecule has 14 heavy (non-hydrogen) atoms. The van der Waals surface area contributed by atoms with E-state index in [1.54, 1.807) is 12.4 Å². The number of aromatic nitrogens is 2. The van der Waals surface area contributed by atoms with Crippen LogP contribution in [0, 0.1) is 6.92 Å². The Morgan fingerprint density at radius 1 is 1.43 bits per heavy atom. The lowest BCUT2D eigenvalue weighted by Gasteiger charge is -2.28. The van der Waals surface area contributed by atoms with E-state index in [0.717, 1.165) is 23.3 Å². The number of thioether (sulfide) groups is 1. The quantitative estimate of drug-likeness (QED) is 0.697. The van der Waals surface area contributed by atoms with Crippen LogP contribution in [-0.4, -0.2) is 33.6 Å². The summed E-state index contributed by atoms with van der Waals surface area (Å²) in [6.07, 6.45) is 4.89. The van der Waals surface area contributed by atoms with Gasteiger partial charge in [0.15, 0.2) is 0 Å². The Bertz CT molecular complexity index is 355. The standard InChI is InChI=1S/C10H13N3S/c1-7-10(12-3-2-11-7)13-5-9-4-8(13)6-14-9/h2-3,8-9H,4-6H2,1H3. The number of hydrogen-bond acceptors (Lipinski definition) is 4. The number of hydrogen-bond donors (Lipinski definition) is 0. The summed E-state index contributed by atoms with van der Waals surface area (Å²) in [6.45, 7) is 3.20. The van der Waals surface area contributed by atoms with Gasteiger partial charge < -0.3 is 4.90 Å². The van der Waals surface area contributed by atoms with E-state index in [-0.39, 0.29) is 0 Å². The minimum absolute atomic E-state index is 0.709. The highest BCUT2D eigenvalue weighted by molar-refractivity contribution is 8.00. The van der Waals surface area contributed by atoms with E-state index in [2.05, 4.69) is 26.6 Å². The minimum atomic E-state index is 0.709. The molecule has 1 aromatic rings. The summed E-state index contributed by atoms with van der Waals surface area (Å²) in [7, 11) is 0. The second-order valence-corrected chi connectivity index (χ2v) is 5.30. The van der Waals surface area contributed by atoms with Crippen LogP contribution >= 0.6 is 11.8 Å². The van der Waals surface area contributed by atoms with Gasteiger partial charge in [0.05, 0.1) is 5.69 Å². The maximum Gasteiger partial charge on any atom is 0.150 e. The van der Waals surface area contributed by atoms with Gasteiger partial charge in [0.1, 0.15) is 5.82 Å². The average Bonchev–Trinajstić information content (AvgIpc) is 2.79. The second-order valence-electron chi connectivity index (χ2n) is 3.96. The van der Waals surface area contributed by atoms with E-state index >= 15 is 0 Å². The Balaban J connectivity index is 1.93. The highest BCUT2D eigenvalue weighted by Gasteiger charge is 2.39. The first-order valence-corrected chi connectivity index (χ1v) is 6.05. The van der Waals surface area contributed by atoms with Crippen LogP contribution in [0.5, 0.6) is 0 Å². The zero-order chi connectivity index (χ0) is 9.54. The molecule has 3 rings (SSSR count). The predicted molar refractivity (Wildman–Crippen MR) is 58.8 cm³/mol. The molecular formula is C10H13N3S. The van der Waals surface area contributed by atoms with Crippen LogP contribution in [0.1, 0.15) is 12.1 Å². The molecule has 0 N–H and O–H groups in total. The van der Waals surface area contributed by atoms with Crippen LogP contribution < -0.4 is 4.90 Å². The summed E-state index contributed by atoms with van der Waals surface area (Å²) < 4.78 is 0. The van der Waals surface area contributed by atoms with E-state index in [1.165, 1.54) is 12.2 Å². The Labute approximate surface area is 87.9 Å². The van der Waals surface area contributed by atoms with Gasteiger partial charge in [-0.1, -0.05) is 0 Å². The van der Waals surface area contributed by atoms with Crippen molar-refractivity contribution in [1.82, 2.24) is 9.97 Å². The topological polar surface area (TPSA) is 29.0 Å². The average molecular weight is 207 g/mol. The number of fused-ring (bicyclic) bond motifs is 2. The first-order valence-electron chi connectivity index (χ1n) is 5.00. The molecule has 0 saturated carbocycles. The van der Waals surface area contributed by atoms with Crippen LogP contribution in [0.25, 0.3) is 0 Å². The van der Waals surface area contributed by atoms with E-state index < -0.39 is 0 Å². The van der Waals surface area contributed by atoms with Crippen LogP contribution in [0.3, 0.4) is 0 Å². The first kappa shape index (κ1) is 8.53. The van der Waals surface area contributed by atoms with Crippen molar-refractivity contribution in [2.45, 2.75) is 24.6 Å². The van der Waals surface area contributed by atoms with Crippen molar-refractivity contribution in [3.63, 3.8) is 0 Å². The van der Waals surface area contributed by atoms with Crippen LogP contribution in [0.4, 0.5) is 5.82 Å². The molecule has 0 aliphatic carbocycles. The summed E-state index contributed by atoms with van der Waals surface area (Å²) >= 11 is 2.11. The summed E-state index contributed by atoms with van der Waals surface area (Å²) in [6, 6.07) is 0.709. The Morgan fingerprint density at radius 2 is 2.29 bits per heavy atom. The molecule has 2 aliphatic rings. The van der Waals surface area contributed by atoms with Gasteiger partial charge in [-0.3, -0.25) is 4.98 Å². The molecule has 2 bridgehead atoms. The monoisotopic (exact) mass is 207 g/mol. The van der Waals surface area contributed by atoms with Crippen LogP contribution in [0.15, 0.2) is 12.4 Å². The lowest BCUT2D eigenvalue weighted by molar-refractivity contribution is 0.745. The van der Waals surface area contributed by atoms with Gasteiger partial charge in [-0.15, -0.1) is 0 Å². The van der Waals surface area contributed by atoms with Gasteiger partial charge in [-0.2, -0.15) is 11.8 Å². The van der Waals surface area contributed by atoms with Crippen LogP contribution in [0.2, 0.25) is 0 Å². The molecule has 0 radical (unpaired) electrons. The normalized spacial score (nSPS) is 29.9. The minimum Gasteiger partial charge on any atom is -0.350 e. The van der Waals surface area contributed by atoms with Gasteiger partial charge in [0.2, 0.25) is 0 Å². The Morgan fingerprint density at radius 3 is 2.93 bits per heavy atom. The van der Waals surface area contributed by atoms with Gasteiger partial charge in [-0.05, 0) is 13.3 Å². The fraction of sp³-hybridized carbons (Fsp3) is 0.600. The van der Waals surface area contributed by atoms with E-state index in [4.69, 9.17) is 0 Å². The first-order chi connectivity index (χ1) is 6.84. The second kappa shape index (κ2) is 3.12. The molecule has 2 saturated heterocycles. The molecule has 2 fully saturated rings. The fourth-order valence-electron chi connectivity index (χ4n) is 2.34. The molecule has 0 spiro atoms. The largest absolute Gasteiger partial charge is 0.350 e. The third-order valence-electron chi connectivity index (χ3n) is 3.03. The molecule has 1 aromatic heterocycles. The molecule has 0 amide bonds. The van der Waals surface area contributed by atoms with Crippen molar-refractivity contribution >= 4 is 17.6 Å². The van der Waals surface area contributed by atoms with Gasteiger partial charge in [0, 0.05) is 36.0 Å².